The molecule has 0 radical (unpaired) electrons. The minimum atomic E-state index is -0.327. The third kappa shape index (κ3) is 3.94. The lowest BCUT2D eigenvalue weighted by Gasteiger charge is -2.13. The monoisotopic (exact) mass is 412 g/mol. The Balaban J connectivity index is 1.61. The van der Waals surface area contributed by atoms with Crippen LogP contribution >= 0.6 is 0 Å². The van der Waals surface area contributed by atoms with Crippen molar-refractivity contribution in [3.05, 3.63) is 93.3 Å². The number of aromatic nitrogens is 5. The van der Waals surface area contributed by atoms with Gasteiger partial charge in [0.1, 0.15) is 6.61 Å². The Labute approximate surface area is 179 Å². The van der Waals surface area contributed by atoms with Crippen molar-refractivity contribution in [1.29, 1.82) is 0 Å². The number of aryl methyl sites for hydroxylation is 3. The molecule has 0 aliphatic rings. The molecule has 0 saturated carbocycles. The Hall–Kier alpha value is -4.25. The van der Waals surface area contributed by atoms with Gasteiger partial charge in [0.2, 0.25) is 5.88 Å². The summed E-state index contributed by atoms with van der Waals surface area (Å²) in [6.45, 7) is 11.3. The van der Waals surface area contributed by atoms with Crippen LogP contribution in [-0.4, -0.2) is 24.8 Å². The lowest BCUT2D eigenvalue weighted by molar-refractivity contribution is 0.292. The number of hydrogen-bond donors (Lipinski definition) is 0. The van der Waals surface area contributed by atoms with Gasteiger partial charge >= 0.3 is 5.69 Å². The third-order valence-electron chi connectivity index (χ3n) is 5.05. The molecule has 0 atom stereocenters. The molecule has 2 heterocycles. The molecule has 4 rings (SSSR count). The summed E-state index contributed by atoms with van der Waals surface area (Å²) >= 11 is 0. The van der Waals surface area contributed by atoms with Crippen LogP contribution in [-0.2, 0) is 13.7 Å². The first-order valence-corrected chi connectivity index (χ1v) is 9.64. The number of hydrogen-bond acceptors (Lipinski definition) is 5. The number of pyridine rings is 1. The van der Waals surface area contributed by atoms with Crippen molar-refractivity contribution in [2.45, 2.75) is 20.5 Å². The molecule has 0 amide bonds. The standard InChI is InChI=1S/C23H20N6O2/c1-15-7-5-10-21(29-23(30)28(4)26-27-29)20(15)14-31-22-12-11-19(16(2)25-22)17-8-6-9-18(13-17)24-3/h5-13H,14H2,1-2,4H3. The van der Waals surface area contributed by atoms with E-state index in [-0.39, 0.29) is 12.3 Å². The van der Waals surface area contributed by atoms with Crippen LogP contribution in [0.4, 0.5) is 5.69 Å². The Kier molecular flexibility index (Phi) is 5.33. The molecule has 4 aromatic rings. The van der Waals surface area contributed by atoms with Gasteiger partial charge in [0.05, 0.1) is 12.3 Å². The maximum atomic E-state index is 12.3. The van der Waals surface area contributed by atoms with Gasteiger partial charge in [-0.1, -0.05) is 30.3 Å². The zero-order valence-electron chi connectivity index (χ0n) is 17.4. The maximum Gasteiger partial charge on any atom is 0.368 e. The van der Waals surface area contributed by atoms with Crippen LogP contribution in [0.5, 0.6) is 5.88 Å². The van der Waals surface area contributed by atoms with Gasteiger partial charge in [-0.3, -0.25) is 0 Å². The largest absolute Gasteiger partial charge is 0.473 e. The smallest absolute Gasteiger partial charge is 0.368 e. The summed E-state index contributed by atoms with van der Waals surface area (Å²) in [6.07, 6.45) is 0. The summed E-state index contributed by atoms with van der Waals surface area (Å²) in [5.41, 5.74) is 5.37. The fraction of sp³-hybridized carbons (Fsp3) is 0.174. The van der Waals surface area contributed by atoms with Crippen molar-refractivity contribution in [2.75, 3.05) is 0 Å². The van der Waals surface area contributed by atoms with Gasteiger partial charge in [0.15, 0.2) is 5.69 Å². The molecule has 8 heteroatoms. The van der Waals surface area contributed by atoms with E-state index in [1.165, 1.54) is 9.36 Å². The molecule has 0 N–H and O–H groups in total. The first-order chi connectivity index (χ1) is 15.0. The molecular weight excluding hydrogens is 392 g/mol. The van der Waals surface area contributed by atoms with Gasteiger partial charge in [0, 0.05) is 29.9 Å². The Morgan fingerprint density at radius 3 is 2.58 bits per heavy atom. The first-order valence-electron chi connectivity index (χ1n) is 9.64. The molecule has 154 valence electrons. The van der Waals surface area contributed by atoms with Crippen molar-refractivity contribution in [2.24, 2.45) is 7.05 Å². The molecular formula is C23H20N6O2. The summed E-state index contributed by atoms with van der Waals surface area (Å²) in [5.74, 6) is 0.475. The number of ether oxygens (including phenoxy) is 1. The summed E-state index contributed by atoms with van der Waals surface area (Å²) < 4.78 is 8.41. The van der Waals surface area contributed by atoms with Crippen LogP contribution < -0.4 is 10.4 Å². The van der Waals surface area contributed by atoms with Gasteiger partial charge in [-0.2, -0.15) is 9.36 Å². The lowest BCUT2D eigenvalue weighted by atomic mass is 10.0. The number of benzene rings is 2. The molecule has 0 fully saturated rings. The number of tetrazole rings is 1. The second-order valence-corrected chi connectivity index (χ2v) is 7.10. The van der Waals surface area contributed by atoms with E-state index in [0.29, 0.717) is 17.3 Å². The molecule has 0 saturated heterocycles. The van der Waals surface area contributed by atoms with Crippen LogP contribution in [0.1, 0.15) is 16.8 Å². The highest BCUT2D eigenvalue weighted by molar-refractivity contribution is 5.70. The normalized spacial score (nSPS) is 10.6. The summed E-state index contributed by atoms with van der Waals surface area (Å²) in [4.78, 5) is 20.4. The molecule has 0 aliphatic carbocycles. The zero-order chi connectivity index (χ0) is 22.0. The van der Waals surface area contributed by atoms with Gasteiger partial charge < -0.3 is 4.74 Å². The average Bonchev–Trinajstić information content (AvgIpc) is 3.11. The van der Waals surface area contributed by atoms with Gasteiger partial charge in [-0.15, -0.1) is 0 Å². The minimum Gasteiger partial charge on any atom is -0.473 e. The molecule has 2 aromatic carbocycles. The maximum absolute atomic E-state index is 12.3. The molecule has 8 nitrogen and oxygen atoms in total. The van der Waals surface area contributed by atoms with Crippen molar-refractivity contribution in [3.63, 3.8) is 0 Å². The predicted octanol–water partition coefficient (Wildman–Crippen LogP) is 3.77. The SMILES string of the molecule is [C-]#[N+]c1cccc(-c2ccc(OCc3c(C)cccc3-n3nnn(C)c3=O)nc2C)c1. The van der Waals surface area contributed by atoms with Crippen LogP contribution in [0.2, 0.25) is 0 Å². The van der Waals surface area contributed by atoms with Crippen molar-refractivity contribution in [3.8, 4) is 22.7 Å². The third-order valence-corrected chi connectivity index (χ3v) is 5.05. The Morgan fingerprint density at radius 1 is 1.06 bits per heavy atom. The molecule has 0 aliphatic heterocycles. The molecule has 2 aromatic heterocycles. The van der Waals surface area contributed by atoms with E-state index >= 15 is 0 Å². The van der Waals surface area contributed by atoms with E-state index in [1.807, 2.05) is 56.3 Å². The molecule has 31 heavy (non-hydrogen) atoms. The lowest BCUT2D eigenvalue weighted by Crippen LogP contribution is -2.23. The fourth-order valence-corrected chi connectivity index (χ4v) is 3.35. The van der Waals surface area contributed by atoms with E-state index in [1.54, 1.807) is 19.2 Å². The second-order valence-electron chi connectivity index (χ2n) is 7.10. The minimum absolute atomic E-state index is 0.226. The Morgan fingerprint density at radius 2 is 1.87 bits per heavy atom. The second kappa shape index (κ2) is 8.24. The topological polar surface area (TPSA) is 79.2 Å². The summed E-state index contributed by atoms with van der Waals surface area (Å²) in [6, 6.07) is 16.8. The quantitative estimate of drug-likeness (QED) is 0.466. The zero-order valence-corrected chi connectivity index (χ0v) is 17.4. The van der Waals surface area contributed by atoms with Crippen LogP contribution in [0.25, 0.3) is 21.7 Å². The van der Waals surface area contributed by atoms with Gasteiger partial charge in [-0.25, -0.2) is 14.6 Å². The van der Waals surface area contributed by atoms with E-state index in [2.05, 4.69) is 20.3 Å². The predicted molar refractivity (Wildman–Crippen MR) is 116 cm³/mol. The molecule has 0 unspecified atom stereocenters. The van der Waals surface area contributed by atoms with Crippen LogP contribution in [0.3, 0.4) is 0 Å². The fourth-order valence-electron chi connectivity index (χ4n) is 3.35. The highest BCUT2D eigenvalue weighted by Crippen LogP contribution is 2.28. The van der Waals surface area contributed by atoms with E-state index in [9.17, 15) is 4.79 Å². The summed E-state index contributed by atoms with van der Waals surface area (Å²) in [5, 5.41) is 7.73. The van der Waals surface area contributed by atoms with Crippen molar-refractivity contribution in [1.82, 2.24) is 24.8 Å². The van der Waals surface area contributed by atoms with E-state index < -0.39 is 0 Å². The first kappa shape index (κ1) is 20.0. The van der Waals surface area contributed by atoms with Crippen LogP contribution in [0.15, 0.2) is 59.4 Å². The van der Waals surface area contributed by atoms with Gasteiger partial charge in [-0.05, 0) is 53.6 Å². The highest BCUT2D eigenvalue weighted by atomic mass is 16.5. The highest BCUT2D eigenvalue weighted by Gasteiger charge is 2.14. The van der Waals surface area contributed by atoms with Crippen molar-refractivity contribution >= 4 is 5.69 Å². The molecule has 0 spiro atoms. The van der Waals surface area contributed by atoms with E-state index in [4.69, 9.17) is 11.3 Å². The number of rotatable bonds is 5. The van der Waals surface area contributed by atoms with Crippen LogP contribution in [0, 0.1) is 20.4 Å². The van der Waals surface area contributed by atoms with E-state index in [0.717, 1.165) is 27.9 Å². The Bertz CT molecular complexity index is 1360. The number of nitrogens with zero attached hydrogens (tertiary/aromatic N) is 6. The average molecular weight is 412 g/mol. The molecule has 0 bridgehead atoms. The van der Waals surface area contributed by atoms with Gasteiger partial charge in [0.25, 0.3) is 0 Å². The summed E-state index contributed by atoms with van der Waals surface area (Å²) in [7, 11) is 1.56. The van der Waals surface area contributed by atoms with Crippen molar-refractivity contribution < 1.29 is 4.74 Å².